The highest BCUT2D eigenvalue weighted by molar-refractivity contribution is 7.98. The summed E-state index contributed by atoms with van der Waals surface area (Å²) in [6.07, 6.45) is 2.18. The molecule has 0 aliphatic heterocycles. The Morgan fingerprint density at radius 3 is 2.67 bits per heavy atom. The smallest absolute Gasteiger partial charge is 0.326 e. The fourth-order valence-electron chi connectivity index (χ4n) is 3.13. The number of hydrogen-bond acceptors (Lipinski definition) is 6. The normalized spacial score (nSPS) is 11.7. The largest absolute Gasteiger partial charge is 0.496 e. The number of amides is 1. The Hall–Kier alpha value is -2.58. The van der Waals surface area contributed by atoms with E-state index in [-0.39, 0.29) is 24.8 Å². The zero-order valence-electron chi connectivity index (χ0n) is 17.4. The zero-order chi connectivity index (χ0) is 21.7. The molecule has 0 aliphatic rings. The summed E-state index contributed by atoms with van der Waals surface area (Å²) in [4.78, 5) is 30.7. The minimum Gasteiger partial charge on any atom is -0.496 e. The van der Waals surface area contributed by atoms with Crippen LogP contribution in [-0.4, -0.2) is 36.4 Å². The predicted octanol–water partition coefficient (Wildman–Crippen LogP) is 3.97. The summed E-state index contributed by atoms with van der Waals surface area (Å²) in [7, 11) is 1.62. The van der Waals surface area contributed by atoms with Gasteiger partial charge in [0.2, 0.25) is 0 Å². The average molecular weight is 445 g/mol. The van der Waals surface area contributed by atoms with Crippen molar-refractivity contribution in [2.24, 2.45) is 4.99 Å². The number of nitrogens with zero attached hydrogens (tertiary/aromatic N) is 2. The summed E-state index contributed by atoms with van der Waals surface area (Å²) in [6, 6.07) is 11.6. The van der Waals surface area contributed by atoms with E-state index in [2.05, 4.69) is 4.99 Å². The topological polar surface area (TPSA) is 69.9 Å². The first-order valence-corrected chi connectivity index (χ1v) is 11.5. The van der Waals surface area contributed by atoms with Gasteiger partial charge in [0.05, 0.1) is 30.4 Å². The van der Waals surface area contributed by atoms with E-state index in [1.807, 2.05) is 49.6 Å². The maximum absolute atomic E-state index is 12.7. The van der Waals surface area contributed by atoms with Crippen molar-refractivity contribution in [2.45, 2.75) is 31.7 Å². The van der Waals surface area contributed by atoms with Crippen LogP contribution in [0.1, 0.15) is 18.1 Å². The number of thiazole rings is 1. The zero-order valence-corrected chi connectivity index (χ0v) is 19.1. The number of esters is 1. The van der Waals surface area contributed by atoms with E-state index in [1.165, 1.54) is 11.3 Å². The summed E-state index contributed by atoms with van der Waals surface area (Å²) in [6.45, 7) is 4.03. The van der Waals surface area contributed by atoms with E-state index >= 15 is 0 Å². The number of ether oxygens (including phenoxy) is 2. The van der Waals surface area contributed by atoms with E-state index in [0.29, 0.717) is 11.4 Å². The highest BCUT2D eigenvalue weighted by Crippen LogP contribution is 2.24. The van der Waals surface area contributed by atoms with Crippen LogP contribution in [0.25, 0.3) is 10.2 Å². The summed E-state index contributed by atoms with van der Waals surface area (Å²) >= 11 is 3.03. The number of carbonyl (C=O) groups is 2. The van der Waals surface area contributed by atoms with Crippen molar-refractivity contribution in [3.63, 3.8) is 0 Å². The van der Waals surface area contributed by atoms with Crippen molar-refractivity contribution in [3.05, 3.63) is 52.3 Å². The SMILES string of the molecule is CCOC(=O)Cn1c(=NC(=O)Cc2ccc(OC)c(C)c2)sc2cc(SC)ccc21. The first-order chi connectivity index (χ1) is 14.4. The lowest BCUT2D eigenvalue weighted by atomic mass is 10.1. The highest BCUT2D eigenvalue weighted by atomic mass is 32.2. The molecule has 1 aromatic heterocycles. The average Bonchev–Trinajstić information content (AvgIpc) is 3.04. The van der Waals surface area contributed by atoms with Crippen LogP contribution in [0.4, 0.5) is 0 Å². The molecule has 0 atom stereocenters. The maximum atomic E-state index is 12.7. The second kappa shape index (κ2) is 9.95. The Balaban J connectivity index is 1.97. The molecular weight excluding hydrogens is 420 g/mol. The van der Waals surface area contributed by atoms with Gasteiger partial charge in [0, 0.05) is 4.90 Å². The number of carbonyl (C=O) groups excluding carboxylic acids is 2. The van der Waals surface area contributed by atoms with E-state index < -0.39 is 0 Å². The van der Waals surface area contributed by atoms with Gasteiger partial charge in [-0.05, 0) is 55.5 Å². The second-order valence-electron chi connectivity index (χ2n) is 6.60. The van der Waals surface area contributed by atoms with Gasteiger partial charge in [-0.15, -0.1) is 11.8 Å². The van der Waals surface area contributed by atoms with Crippen LogP contribution in [-0.2, 0) is 27.3 Å². The molecule has 0 bridgehead atoms. The molecule has 2 aromatic carbocycles. The first-order valence-electron chi connectivity index (χ1n) is 9.49. The third kappa shape index (κ3) is 5.12. The molecule has 30 heavy (non-hydrogen) atoms. The van der Waals surface area contributed by atoms with E-state index in [0.717, 1.165) is 32.0 Å². The number of thioether (sulfide) groups is 1. The van der Waals surface area contributed by atoms with Crippen molar-refractivity contribution in [3.8, 4) is 5.75 Å². The molecule has 0 aliphatic carbocycles. The lowest BCUT2D eigenvalue weighted by molar-refractivity contribution is -0.143. The molecular formula is C22H24N2O4S2. The van der Waals surface area contributed by atoms with Gasteiger partial charge in [-0.2, -0.15) is 4.99 Å². The second-order valence-corrected chi connectivity index (χ2v) is 8.48. The molecule has 0 radical (unpaired) electrons. The molecule has 0 N–H and O–H groups in total. The van der Waals surface area contributed by atoms with Crippen LogP contribution in [0.15, 0.2) is 46.3 Å². The summed E-state index contributed by atoms with van der Waals surface area (Å²) < 4.78 is 13.1. The number of benzene rings is 2. The Kier molecular flexibility index (Phi) is 7.33. The fraction of sp³-hybridized carbons (Fsp3) is 0.318. The Labute approximate surface area is 183 Å². The third-order valence-electron chi connectivity index (χ3n) is 4.52. The van der Waals surface area contributed by atoms with Crippen molar-refractivity contribution < 1.29 is 19.1 Å². The van der Waals surface area contributed by atoms with Crippen LogP contribution in [0.3, 0.4) is 0 Å². The van der Waals surface area contributed by atoms with Crippen LogP contribution in [0.2, 0.25) is 0 Å². The van der Waals surface area contributed by atoms with E-state index in [9.17, 15) is 9.59 Å². The fourth-order valence-corrected chi connectivity index (χ4v) is 4.73. The predicted molar refractivity (Wildman–Crippen MR) is 120 cm³/mol. The van der Waals surface area contributed by atoms with Crippen LogP contribution < -0.4 is 9.54 Å². The van der Waals surface area contributed by atoms with Crippen LogP contribution >= 0.6 is 23.1 Å². The van der Waals surface area contributed by atoms with Crippen molar-refractivity contribution >= 4 is 45.2 Å². The Morgan fingerprint density at radius 2 is 2.00 bits per heavy atom. The molecule has 1 heterocycles. The first kappa shape index (κ1) is 22.1. The van der Waals surface area contributed by atoms with Gasteiger partial charge in [0.1, 0.15) is 12.3 Å². The third-order valence-corrected chi connectivity index (χ3v) is 6.28. The molecule has 8 heteroatoms. The highest BCUT2D eigenvalue weighted by Gasteiger charge is 2.13. The quantitative estimate of drug-likeness (QED) is 0.407. The van der Waals surface area contributed by atoms with Gasteiger partial charge < -0.3 is 14.0 Å². The number of rotatable bonds is 7. The molecule has 0 saturated heterocycles. The van der Waals surface area contributed by atoms with Crippen molar-refractivity contribution in [1.82, 2.24) is 4.57 Å². The van der Waals surface area contributed by atoms with E-state index in [1.54, 1.807) is 30.4 Å². The maximum Gasteiger partial charge on any atom is 0.326 e. The molecule has 3 aromatic rings. The monoisotopic (exact) mass is 444 g/mol. The van der Waals surface area contributed by atoms with Gasteiger partial charge >= 0.3 is 5.97 Å². The van der Waals surface area contributed by atoms with Gasteiger partial charge in [0.25, 0.3) is 5.91 Å². The molecule has 0 fully saturated rings. The van der Waals surface area contributed by atoms with Gasteiger partial charge in [-0.1, -0.05) is 23.5 Å². The lowest BCUT2D eigenvalue weighted by Crippen LogP contribution is -2.23. The lowest BCUT2D eigenvalue weighted by Gasteiger charge is -2.06. The summed E-state index contributed by atoms with van der Waals surface area (Å²) in [5.41, 5.74) is 2.69. The Morgan fingerprint density at radius 1 is 1.20 bits per heavy atom. The van der Waals surface area contributed by atoms with Crippen LogP contribution in [0, 0.1) is 6.92 Å². The number of methoxy groups -OCH3 is 1. The number of aromatic nitrogens is 1. The minimum absolute atomic E-state index is 0.0141. The Bertz CT molecular complexity index is 1150. The van der Waals surface area contributed by atoms with Crippen molar-refractivity contribution in [1.29, 1.82) is 0 Å². The molecule has 1 amide bonds. The van der Waals surface area contributed by atoms with E-state index in [4.69, 9.17) is 9.47 Å². The van der Waals surface area contributed by atoms with Gasteiger partial charge in [-0.25, -0.2) is 0 Å². The minimum atomic E-state index is -0.356. The van der Waals surface area contributed by atoms with Crippen molar-refractivity contribution in [2.75, 3.05) is 20.0 Å². The van der Waals surface area contributed by atoms with Gasteiger partial charge in [-0.3, -0.25) is 9.59 Å². The molecule has 6 nitrogen and oxygen atoms in total. The number of fused-ring (bicyclic) bond motifs is 1. The molecule has 0 saturated carbocycles. The molecule has 0 spiro atoms. The molecule has 0 unspecified atom stereocenters. The molecule has 158 valence electrons. The van der Waals surface area contributed by atoms with Gasteiger partial charge in [0.15, 0.2) is 4.80 Å². The van der Waals surface area contributed by atoms with Crippen LogP contribution in [0.5, 0.6) is 5.75 Å². The molecule has 3 rings (SSSR count). The number of aryl methyl sites for hydroxylation is 1. The summed E-state index contributed by atoms with van der Waals surface area (Å²) in [5, 5.41) is 0. The number of hydrogen-bond donors (Lipinski definition) is 0. The summed E-state index contributed by atoms with van der Waals surface area (Å²) in [5.74, 6) is 0.157. The standard InChI is InChI=1S/C22H24N2O4S2/c1-5-28-21(26)13-24-17-8-7-16(29-4)12-19(17)30-22(24)23-20(25)11-15-6-9-18(27-3)14(2)10-15/h6-10,12H,5,11,13H2,1-4H3.